The van der Waals surface area contributed by atoms with E-state index in [2.05, 4.69) is 20.1 Å². The molecule has 5 aromatic rings. The van der Waals surface area contributed by atoms with Gasteiger partial charge in [0.15, 0.2) is 0 Å². The first-order valence-electron chi connectivity index (χ1n) is 10.8. The predicted octanol–water partition coefficient (Wildman–Crippen LogP) is 3.75. The van der Waals surface area contributed by atoms with Gasteiger partial charge in [-0.05, 0) is 55.3 Å². The molecule has 0 saturated carbocycles. The van der Waals surface area contributed by atoms with Crippen LogP contribution in [0.3, 0.4) is 0 Å². The number of carbonyl (C=O) groups is 1. The third-order valence-electron chi connectivity index (χ3n) is 5.87. The molecule has 162 valence electrons. The van der Waals surface area contributed by atoms with Gasteiger partial charge in [-0.25, -0.2) is 14.5 Å². The maximum absolute atomic E-state index is 13.7. The van der Waals surface area contributed by atoms with Crippen LogP contribution < -0.4 is 0 Å². The molecule has 0 fully saturated rings. The molecule has 0 bridgehead atoms. The third kappa shape index (κ3) is 3.27. The topological polar surface area (TPSA) is 81.2 Å². The monoisotopic (exact) mass is 435 g/mol. The molecule has 8 nitrogen and oxygen atoms in total. The maximum atomic E-state index is 13.7. The highest BCUT2D eigenvalue weighted by Crippen LogP contribution is 2.31. The number of carbonyl (C=O) groups excluding carboxylic acids is 1. The average Bonchev–Trinajstić information content (AvgIpc) is 3.50. The fourth-order valence-corrected chi connectivity index (χ4v) is 4.42. The van der Waals surface area contributed by atoms with Crippen LogP contribution in [-0.4, -0.2) is 39.9 Å². The molecule has 0 aromatic carbocycles. The molecular weight excluding hydrogens is 414 g/mol. The molecular formula is C25H21N7O. The van der Waals surface area contributed by atoms with Gasteiger partial charge in [0.2, 0.25) is 5.95 Å². The maximum Gasteiger partial charge on any atom is 0.259 e. The third-order valence-corrected chi connectivity index (χ3v) is 5.87. The Morgan fingerprint density at radius 3 is 2.36 bits per heavy atom. The molecule has 0 spiro atoms. The van der Waals surface area contributed by atoms with Crippen LogP contribution in [0.25, 0.3) is 22.9 Å². The minimum absolute atomic E-state index is 0.0535. The van der Waals surface area contributed by atoms with Crippen molar-refractivity contribution in [2.24, 2.45) is 0 Å². The van der Waals surface area contributed by atoms with Gasteiger partial charge in [-0.15, -0.1) is 0 Å². The van der Waals surface area contributed by atoms with Crippen LogP contribution in [0, 0.1) is 13.8 Å². The van der Waals surface area contributed by atoms with E-state index in [1.807, 2.05) is 84.4 Å². The summed E-state index contributed by atoms with van der Waals surface area (Å²) in [5, 5.41) is 4.67. The Kier molecular flexibility index (Phi) is 4.33. The zero-order valence-corrected chi connectivity index (χ0v) is 18.3. The van der Waals surface area contributed by atoms with Crippen molar-refractivity contribution in [2.75, 3.05) is 0 Å². The second kappa shape index (κ2) is 7.37. The average molecular weight is 435 g/mol. The van der Waals surface area contributed by atoms with Crippen LogP contribution in [-0.2, 0) is 13.1 Å². The van der Waals surface area contributed by atoms with Gasteiger partial charge in [0.05, 0.1) is 16.8 Å². The number of amides is 1. The van der Waals surface area contributed by atoms with Crippen LogP contribution in [0.4, 0.5) is 0 Å². The lowest BCUT2D eigenvalue weighted by molar-refractivity contribution is 0.0753. The van der Waals surface area contributed by atoms with E-state index in [-0.39, 0.29) is 5.91 Å². The summed E-state index contributed by atoms with van der Waals surface area (Å²) in [7, 11) is 0. The van der Waals surface area contributed by atoms with E-state index in [1.165, 1.54) is 0 Å². The Morgan fingerprint density at radius 1 is 0.939 bits per heavy atom. The number of nitrogens with zero attached hydrogens (tertiary/aromatic N) is 7. The second-order valence-electron chi connectivity index (χ2n) is 8.30. The SMILES string of the molecule is Cc1cc(C)nc(-n2cc3c(c2)CN(C(=O)c2c(-c4ccccn4)nn4ccccc24)C3)n1. The van der Waals surface area contributed by atoms with E-state index in [0.717, 1.165) is 28.0 Å². The summed E-state index contributed by atoms with van der Waals surface area (Å²) in [4.78, 5) is 29.1. The number of aryl methyl sites for hydroxylation is 2. The van der Waals surface area contributed by atoms with Crippen molar-refractivity contribution in [3.8, 4) is 17.3 Å². The van der Waals surface area contributed by atoms with Gasteiger partial charge in [-0.2, -0.15) is 5.10 Å². The summed E-state index contributed by atoms with van der Waals surface area (Å²) in [6.07, 6.45) is 7.61. The minimum atomic E-state index is -0.0535. The molecule has 8 heteroatoms. The number of hydrogen-bond donors (Lipinski definition) is 0. The van der Waals surface area contributed by atoms with E-state index < -0.39 is 0 Å². The van der Waals surface area contributed by atoms with Gasteiger partial charge in [-0.1, -0.05) is 12.1 Å². The van der Waals surface area contributed by atoms with Crippen molar-refractivity contribution in [1.29, 1.82) is 0 Å². The van der Waals surface area contributed by atoms with E-state index >= 15 is 0 Å². The fraction of sp³-hybridized carbons (Fsp3) is 0.160. The molecule has 6 heterocycles. The molecule has 0 aliphatic carbocycles. The van der Waals surface area contributed by atoms with Gasteiger partial charge in [0.1, 0.15) is 5.69 Å². The predicted molar refractivity (Wildman–Crippen MR) is 123 cm³/mol. The molecule has 0 N–H and O–H groups in total. The second-order valence-corrected chi connectivity index (χ2v) is 8.30. The van der Waals surface area contributed by atoms with Crippen molar-refractivity contribution >= 4 is 11.4 Å². The highest BCUT2D eigenvalue weighted by Gasteiger charge is 2.31. The van der Waals surface area contributed by atoms with Gasteiger partial charge in [0, 0.05) is 49.3 Å². The largest absolute Gasteiger partial charge is 0.330 e. The number of hydrogen-bond acceptors (Lipinski definition) is 5. The Hall–Kier alpha value is -4.33. The van der Waals surface area contributed by atoms with Crippen LogP contribution in [0.1, 0.15) is 32.9 Å². The highest BCUT2D eigenvalue weighted by atomic mass is 16.2. The normalized spacial score (nSPS) is 13.0. The Bertz CT molecular complexity index is 1470. The molecule has 5 aromatic heterocycles. The van der Waals surface area contributed by atoms with Crippen LogP contribution in [0.15, 0.2) is 67.3 Å². The van der Waals surface area contributed by atoms with Crippen molar-refractivity contribution < 1.29 is 4.79 Å². The van der Waals surface area contributed by atoms with Crippen molar-refractivity contribution in [3.05, 3.63) is 95.3 Å². The molecule has 0 atom stereocenters. The lowest BCUT2D eigenvalue weighted by Crippen LogP contribution is -2.26. The molecule has 6 rings (SSSR count). The summed E-state index contributed by atoms with van der Waals surface area (Å²) in [5.41, 5.74) is 6.68. The van der Waals surface area contributed by atoms with Gasteiger partial charge >= 0.3 is 0 Å². The smallest absolute Gasteiger partial charge is 0.259 e. The van der Waals surface area contributed by atoms with Crippen LogP contribution >= 0.6 is 0 Å². The first-order valence-corrected chi connectivity index (χ1v) is 10.8. The lowest BCUT2D eigenvalue weighted by Gasteiger charge is -2.16. The van der Waals surface area contributed by atoms with Crippen molar-refractivity contribution in [3.63, 3.8) is 0 Å². The molecule has 1 aliphatic heterocycles. The Morgan fingerprint density at radius 2 is 1.67 bits per heavy atom. The molecule has 0 radical (unpaired) electrons. The Labute approximate surface area is 190 Å². The minimum Gasteiger partial charge on any atom is -0.330 e. The quantitative estimate of drug-likeness (QED) is 0.431. The summed E-state index contributed by atoms with van der Waals surface area (Å²) in [6, 6.07) is 13.3. The standard InChI is InChI=1S/C25H21N7O/c1-16-11-17(2)28-25(27-16)31-14-18-12-30(13-19(18)15-31)24(33)22-21-8-4-6-10-32(21)29-23(22)20-7-3-5-9-26-20/h3-11,14-15H,12-13H2,1-2H3. The molecule has 0 saturated heterocycles. The summed E-state index contributed by atoms with van der Waals surface area (Å²) < 4.78 is 3.69. The van der Waals surface area contributed by atoms with E-state index in [9.17, 15) is 4.79 Å². The zero-order chi connectivity index (χ0) is 22.5. The summed E-state index contributed by atoms with van der Waals surface area (Å²) >= 11 is 0. The highest BCUT2D eigenvalue weighted by molar-refractivity contribution is 6.06. The fourth-order valence-electron chi connectivity index (χ4n) is 4.42. The first-order chi connectivity index (χ1) is 16.1. The molecule has 0 unspecified atom stereocenters. The number of aromatic nitrogens is 6. The number of fused-ring (bicyclic) bond motifs is 2. The van der Waals surface area contributed by atoms with Gasteiger partial charge in [-0.3, -0.25) is 14.3 Å². The van der Waals surface area contributed by atoms with E-state index in [4.69, 9.17) is 0 Å². The van der Waals surface area contributed by atoms with Gasteiger partial charge < -0.3 is 4.90 Å². The van der Waals surface area contributed by atoms with E-state index in [0.29, 0.717) is 36.0 Å². The van der Waals surface area contributed by atoms with E-state index in [1.54, 1.807) is 10.7 Å². The first kappa shape index (κ1) is 19.4. The van der Waals surface area contributed by atoms with Crippen LogP contribution in [0.5, 0.6) is 0 Å². The lowest BCUT2D eigenvalue weighted by atomic mass is 10.1. The van der Waals surface area contributed by atoms with Crippen molar-refractivity contribution in [2.45, 2.75) is 26.9 Å². The molecule has 1 aliphatic rings. The number of rotatable bonds is 3. The Balaban J connectivity index is 1.35. The summed E-state index contributed by atoms with van der Waals surface area (Å²) in [6.45, 7) is 4.98. The van der Waals surface area contributed by atoms with Gasteiger partial charge in [0.25, 0.3) is 5.91 Å². The summed E-state index contributed by atoms with van der Waals surface area (Å²) in [5.74, 6) is 0.599. The molecule has 33 heavy (non-hydrogen) atoms. The van der Waals surface area contributed by atoms with Crippen molar-refractivity contribution in [1.82, 2.24) is 34.0 Å². The zero-order valence-electron chi connectivity index (χ0n) is 18.3. The van der Waals surface area contributed by atoms with Crippen LogP contribution in [0.2, 0.25) is 0 Å². The number of pyridine rings is 2. The molecule has 1 amide bonds.